The molecular formula is C21H36FN2O10P. The second-order valence-electron chi connectivity index (χ2n) is 8.94. The summed E-state index contributed by atoms with van der Waals surface area (Å²) in [6, 6.07) is 3.42. The molecule has 35 heavy (non-hydrogen) atoms. The minimum absolute atomic E-state index is 0. The van der Waals surface area contributed by atoms with Gasteiger partial charge in [0.25, 0.3) is 0 Å². The highest BCUT2D eigenvalue weighted by atomic mass is 31.2. The fourth-order valence-electron chi connectivity index (χ4n) is 3.17. The summed E-state index contributed by atoms with van der Waals surface area (Å²) in [7, 11) is 1.11. The molecular weight excluding hydrogens is 490 g/mol. The summed E-state index contributed by atoms with van der Waals surface area (Å²) >= 11 is 0. The summed E-state index contributed by atoms with van der Waals surface area (Å²) in [5.74, 6) is -1.82. The first kappa shape index (κ1) is 32.8. The van der Waals surface area contributed by atoms with Crippen molar-refractivity contribution in [1.29, 1.82) is 0 Å². The Morgan fingerprint density at radius 1 is 1.14 bits per heavy atom. The van der Waals surface area contributed by atoms with Crippen molar-refractivity contribution in [3.63, 3.8) is 0 Å². The van der Waals surface area contributed by atoms with Crippen LogP contribution in [0.5, 0.6) is 5.75 Å². The molecule has 0 heterocycles. The summed E-state index contributed by atoms with van der Waals surface area (Å²) in [6.45, 7) is 0.617. The Hall–Kier alpha value is -2.15. The molecule has 12 nitrogen and oxygen atoms in total. The van der Waals surface area contributed by atoms with E-state index in [0.29, 0.717) is 17.5 Å². The van der Waals surface area contributed by atoms with Gasteiger partial charge >= 0.3 is 19.5 Å². The lowest BCUT2D eigenvalue weighted by Crippen LogP contribution is -2.42. The number of carboxylic acids is 1. The van der Waals surface area contributed by atoms with Crippen molar-refractivity contribution >= 4 is 19.5 Å². The number of phosphoric ester groups is 1. The number of nitro benzene ring substituents is 1. The first-order chi connectivity index (χ1) is 15.8. The van der Waals surface area contributed by atoms with E-state index in [0.717, 1.165) is 44.2 Å². The molecule has 202 valence electrons. The van der Waals surface area contributed by atoms with Gasteiger partial charge < -0.3 is 24.7 Å². The normalized spacial score (nSPS) is 14.0. The Morgan fingerprint density at radius 2 is 1.71 bits per heavy atom. The second kappa shape index (κ2) is 15.8. The lowest BCUT2D eigenvalue weighted by atomic mass is 10.1. The number of carboxylic acid groups (broad SMARTS) is 1. The number of carbonyl (C=O) groups is 1. The van der Waals surface area contributed by atoms with E-state index in [1.54, 1.807) is 0 Å². The largest absolute Gasteiger partial charge is 0.870 e. The molecule has 0 fully saturated rings. The van der Waals surface area contributed by atoms with Crippen LogP contribution in [0.1, 0.15) is 44.9 Å². The van der Waals surface area contributed by atoms with Crippen molar-refractivity contribution in [2.75, 3.05) is 40.9 Å². The van der Waals surface area contributed by atoms with E-state index in [1.165, 1.54) is 6.07 Å². The van der Waals surface area contributed by atoms with Crippen molar-refractivity contribution in [2.45, 2.75) is 51.0 Å². The van der Waals surface area contributed by atoms with Gasteiger partial charge in [-0.3, -0.25) is 24.0 Å². The third-order valence-electron chi connectivity index (χ3n) is 4.61. The average molecular weight is 526 g/mol. The first-order valence-electron chi connectivity index (χ1n) is 11.0. The van der Waals surface area contributed by atoms with Crippen LogP contribution in [0.3, 0.4) is 0 Å². The van der Waals surface area contributed by atoms with Gasteiger partial charge in [0.05, 0.1) is 45.7 Å². The Morgan fingerprint density at radius 3 is 2.23 bits per heavy atom. The van der Waals surface area contributed by atoms with Crippen molar-refractivity contribution in [3.05, 3.63) is 34.1 Å². The Balaban J connectivity index is 0.0000116. The molecule has 0 amide bonds. The summed E-state index contributed by atoms with van der Waals surface area (Å²) in [5, 5.41) is 19.6. The number of hydrogen-bond donors (Lipinski definition) is 2. The van der Waals surface area contributed by atoms with Gasteiger partial charge in [-0.15, -0.1) is 0 Å². The van der Waals surface area contributed by atoms with E-state index in [1.807, 2.05) is 21.1 Å². The molecule has 0 spiro atoms. The number of halogens is 1. The van der Waals surface area contributed by atoms with Crippen molar-refractivity contribution < 1.29 is 52.4 Å². The molecule has 1 unspecified atom stereocenters. The summed E-state index contributed by atoms with van der Waals surface area (Å²) < 4.78 is 41.5. The number of quaternary nitrogens is 1. The molecule has 0 aromatic heterocycles. The van der Waals surface area contributed by atoms with Gasteiger partial charge in [-0.2, -0.15) is 4.39 Å². The monoisotopic (exact) mass is 526 g/mol. The zero-order valence-corrected chi connectivity index (χ0v) is 21.2. The number of nitro groups is 1. The SMILES string of the molecule is C[N+](C)(C)C[C@@H](CC(=O)O)OP(=O)(O)OCCCCCCCCOc1ccc([N+](=O)[O-])c(F)c1.[OH-]. The van der Waals surface area contributed by atoms with Crippen LogP contribution in [-0.4, -0.2) is 77.9 Å². The Bertz CT molecular complexity index is 850. The highest BCUT2D eigenvalue weighted by Gasteiger charge is 2.31. The number of ether oxygens (including phenoxy) is 1. The second-order valence-corrected chi connectivity index (χ2v) is 10.3. The molecule has 14 heteroatoms. The Kier molecular flexibility index (Phi) is 14.8. The molecule has 0 aliphatic heterocycles. The highest BCUT2D eigenvalue weighted by Crippen LogP contribution is 2.45. The molecule has 3 N–H and O–H groups in total. The average Bonchev–Trinajstić information content (AvgIpc) is 2.66. The molecule has 0 aliphatic rings. The minimum Gasteiger partial charge on any atom is -0.870 e. The maximum Gasteiger partial charge on any atom is 0.472 e. The van der Waals surface area contributed by atoms with E-state index in [2.05, 4.69) is 0 Å². The topological polar surface area (TPSA) is 175 Å². The number of hydrogen-bond acceptors (Lipinski definition) is 8. The van der Waals surface area contributed by atoms with E-state index in [9.17, 15) is 28.8 Å². The molecule has 0 saturated heterocycles. The maximum atomic E-state index is 13.5. The van der Waals surface area contributed by atoms with E-state index >= 15 is 0 Å². The minimum atomic E-state index is -4.36. The van der Waals surface area contributed by atoms with Crippen LogP contribution in [0.2, 0.25) is 0 Å². The van der Waals surface area contributed by atoms with Gasteiger partial charge in [0.2, 0.25) is 5.82 Å². The molecule has 1 rings (SSSR count). The summed E-state index contributed by atoms with van der Waals surface area (Å²) in [4.78, 5) is 30.7. The standard InChI is InChI=1S/C21H34FN2O9P.H2O/c1-24(2,3)16-18(15-21(25)26)33-34(29,30)32-13-9-7-5-4-6-8-12-31-17-10-11-20(23(27)28)19(22)14-17;/h10-11,14,18H,4-9,12-13,15-16H2,1-3H3,(H-,25,26,29,30);1H2/t18-;/m1./s1. The van der Waals surface area contributed by atoms with Gasteiger partial charge in [-0.1, -0.05) is 25.7 Å². The number of nitrogens with zero attached hydrogens (tertiary/aromatic N) is 2. The van der Waals surface area contributed by atoms with E-state index in [-0.39, 0.29) is 24.4 Å². The molecule has 0 saturated carbocycles. The van der Waals surface area contributed by atoms with Gasteiger partial charge in [0, 0.05) is 12.1 Å². The number of aliphatic carboxylic acids is 1. The number of benzene rings is 1. The number of rotatable bonds is 18. The first-order valence-corrected chi connectivity index (χ1v) is 12.5. The highest BCUT2D eigenvalue weighted by molar-refractivity contribution is 7.47. The third-order valence-corrected chi connectivity index (χ3v) is 5.69. The predicted molar refractivity (Wildman–Crippen MR) is 124 cm³/mol. The molecule has 2 atom stereocenters. The predicted octanol–water partition coefficient (Wildman–Crippen LogP) is 3.96. The third kappa shape index (κ3) is 15.5. The number of phosphoric acid groups is 1. The zero-order chi connectivity index (χ0) is 25.8. The number of unbranched alkanes of at least 4 members (excludes halogenated alkanes) is 5. The van der Waals surface area contributed by atoms with Gasteiger partial charge in [0.1, 0.15) is 18.4 Å². The lowest BCUT2D eigenvalue weighted by Gasteiger charge is -2.29. The van der Waals surface area contributed by atoms with Crippen LogP contribution in [0.25, 0.3) is 0 Å². The number of likely N-dealkylation sites (N-methyl/N-ethyl adjacent to an activating group) is 1. The van der Waals surface area contributed by atoms with Crippen LogP contribution in [-0.2, 0) is 18.4 Å². The smallest absolute Gasteiger partial charge is 0.472 e. The van der Waals surface area contributed by atoms with Crippen LogP contribution >= 0.6 is 7.82 Å². The van der Waals surface area contributed by atoms with Crippen molar-refractivity contribution in [2.24, 2.45) is 0 Å². The van der Waals surface area contributed by atoms with Gasteiger partial charge in [0.15, 0.2) is 0 Å². The molecule has 1 aromatic carbocycles. The lowest BCUT2D eigenvalue weighted by molar-refractivity contribution is -0.873. The van der Waals surface area contributed by atoms with E-state index in [4.69, 9.17) is 18.9 Å². The van der Waals surface area contributed by atoms with E-state index < -0.39 is 42.7 Å². The molecule has 0 aliphatic carbocycles. The van der Waals surface area contributed by atoms with Gasteiger partial charge in [-0.05, 0) is 18.9 Å². The fourth-order valence-corrected chi connectivity index (χ4v) is 4.10. The molecule has 0 bridgehead atoms. The maximum absolute atomic E-state index is 13.5. The van der Waals surface area contributed by atoms with Crippen LogP contribution in [0.4, 0.5) is 10.1 Å². The van der Waals surface area contributed by atoms with Gasteiger partial charge in [-0.25, -0.2) is 4.57 Å². The quantitative estimate of drug-likeness (QED) is 0.0936. The van der Waals surface area contributed by atoms with Crippen LogP contribution < -0.4 is 4.74 Å². The van der Waals surface area contributed by atoms with Crippen LogP contribution in [0.15, 0.2) is 18.2 Å². The summed E-state index contributed by atoms with van der Waals surface area (Å²) in [6.07, 6.45) is 3.33. The van der Waals surface area contributed by atoms with Crippen molar-refractivity contribution in [3.8, 4) is 5.75 Å². The Labute approximate surface area is 204 Å². The fraction of sp³-hybridized carbons (Fsp3) is 0.667. The van der Waals surface area contributed by atoms with Crippen molar-refractivity contribution in [1.82, 2.24) is 0 Å². The summed E-state index contributed by atoms with van der Waals surface area (Å²) in [5.41, 5.74) is -0.593. The molecule has 1 aromatic rings. The van der Waals surface area contributed by atoms with Crippen LogP contribution in [0, 0.1) is 15.9 Å². The zero-order valence-electron chi connectivity index (χ0n) is 20.3. The molecule has 0 radical (unpaired) electrons.